The van der Waals surface area contributed by atoms with E-state index in [4.69, 9.17) is 5.11 Å². The molecule has 0 amide bonds. The van der Waals surface area contributed by atoms with Crippen LogP contribution in [0.1, 0.15) is 71.1 Å². The molecule has 0 aromatic rings. The van der Waals surface area contributed by atoms with Crippen LogP contribution in [0.2, 0.25) is 0 Å². The fraction of sp³-hybridized carbons (Fsp3) is 1.00. The smallest absolute Gasteiger partial charge is 0.0431 e. The van der Waals surface area contributed by atoms with Crippen molar-refractivity contribution < 1.29 is 5.11 Å². The summed E-state index contributed by atoms with van der Waals surface area (Å²) in [5.74, 6) is 0.938. The van der Waals surface area contributed by atoms with Crippen molar-refractivity contribution in [1.29, 1.82) is 0 Å². The Labute approximate surface area is 113 Å². The van der Waals surface area contributed by atoms with Crippen LogP contribution >= 0.6 is 0 Å². The zero-order valence-electron chi connectivity index (χ0n) is 12.1. The zero-order valence-corrected chi connectivity index (χ0v) is 12.1. The van der Waals surface area contributed by atoms with Gasteiger partial charge in [-0.15, -0.1) is 0 Å². The molecule has 1 N–H and O–H groups in total. The molecule has 2 fully saturated rings. The summed E-state index contributed by atoms with van der Waals surface area (Å²) in [7, 11) is 0. The quantitative estimate of drug-likeness (QED) is 0.701. The van der Waals surface area contributed by atoms with Crippen molar-refractivity contribution in [3.8, 4) is 0 Å². The van der Waals surface area contributed by atoms with Crippen molar-refractivity contribution >= 4 is 0 Å². The largest absolute Gasteiger partial charge is 0.396 e. The van der Waals surface area contributed by atoms with E-state index in [0.717, 1.165) is 24.4 Å². The van der Waals surface area contributed by atoms with E-state index in [0.29, 0.717) is 6.61 Å². The molecule has 2 saturated heterocycles. The molecule has 106 valence electrons. The van der Waals surface area contributed by atoms with Gasteiger partial charge in [0.1, 0.15) is 0 Å². The SMILES string of the molecule is CC1CCC(CCCCCCCO)N2CCCC12. The van der Waals surface area contributed by atoms with Gasteiger partial charge < -0.3 is 5.11 Å². The van der Waals surface area contributed by atoms with E-state index in [1.54, 1.807) is 0 Å². The number of piperidine rings is 1. The Morgan fingerprint density at radius 2 is 1.78 bits per heavy atom. The molecule has 3 unspecified atom stereocenters. The summed E-state index contributed by atoms with van der Waals surface area (Å²) in [6.45, 7) is 4.19. The van der Waals surface area contributed by atoms with Crippen molar-refractivity contribution in [3.05, 3.63) is 0 Å². The number of unbranched alkanes of at least 4 members (excludes halogenated alkanes) is 4. The van der Waals surface area contributed by atoms with Crippen molar-refractivity contribution in [2.24, 2.45) is 5.92 Å². The molecule has 0 aromatic carbocycles. The van der Waals surface area contributed by atoms with Crippen LogP contribution in [0.15, 0.2) is 0 Å². The minimum absolute atomic E-state index is 0.371. The Balaban J connectivity index is 1.63. The van der Waals surface area contributed by atoms with E-state index in [9.17, 15) is 0 Å². The first-order chi connectivity index (χ1) is 8.83. The molecule has 2 heteroatoms. The number of aliphatic hydroxyl groups excluding tert-OH is 1. The highest BCUT2D eigenvalue weighted by atomic mass is 16.2. The molecule has 0 radical (unpaired) electrons. The zero-order chi connectivity index (χ0) is 12.8. The molecule has 0 aromatic heterocycles. The van der Waals surface area contributed by atoms with Gasteiger partial charge in [0.15, 0.2) is 0 Å². The van der Waals surface area contributed by atoms with Crippen molar-refractivity contribution in [3.63, 3.8) is 0 Å². The average Bonchev–Trinajstić information content (AvgIpc) is 2.86. The number of hydrogen-bond donors (Lipinski definition) is 1. The molecule has 2 nitrogen and oxygen atoms in total. The highest BCUT2D eigenvalue weighted by molar-refractivity contribution is 4.92. The van der Waals surface area contributed by atoms with Gasteiger partial charge in [0, 0.05) is 18.7 Å². The highest BCUT2D eigenvalue weighted by Gasteiger charge is 2.37. The van der Waals surface area contributed by atoms with Crippen molar-refractivity contribution in [2.75, 3.05) is 13.2 Å². The second-order valence-electron chi connectivity index (χ2n) is 6.44. The van der Waals surface area contributed by atoms with Crippen LogP contribution in [0.3, 0.4) is 0 Å². The van der Waals surface area contributed by atoms with Gasteiger partial charge >= 0.3 is 0 Å². The van der Waals surface area contributed by atoms with E-state index in [-0.39, 0.29) is 0 Å². The number of aliphatic hydroxyl groups is 1. The minimum atomic E-state index is 0.371. The lowest BCUT2D eigenvalue weighted by atomic mass is 9.85. The van der Waals surface area contributed by atoms with Gasteiger partial charge in [0.05, 0.1) is 0 Å². The van der Waals surface area contributed by atoms with Crippen molar-refractivity contribution in [1.82, 2.24) is 4.90 Å². The number of hydrogen-bond acceptors (Lipinski definition) is 2. The highest BCUT2D eigenvalue weighted by Crippen LogP contribution is 2.36. The third-order valence-electron chi connectivity index (χ3n) is 5.12. The molecule has 2 aliphatic heterocycles. The lowest BCUT2D eigenvalue weighted by molar-refractivity contribution is 0.0750. The summed E-state index contributed by atoms with van der Waals surface area (Å²) in [5.41, 5.74) is 0. The monoisotopic (exact) mass is 253 g/mol. The molecule has 0 bridgehead atoms. The summed E-state index contributed by atoms with van der Waals surface area (Å²) in [4.78, 5) is 2.84. The van der Waals surface area contributed by atoms with E-state index in [1.807, 2.05) is 0 Å². The van der Waals surface area contributed by atoms with E-state index in [2.05, 4.69) is 11.8 Å². The van der Waals surface area contributed by atoms with Crippen LogP contribution < -0.4 is 0 Å². The maximum Gasteiger partial charge on any atom is 0.0431 e. The molecule has 3 atom stereocenters. The second kappa shape index (κ2) is 7.49. The Morgan fingerprint density at radius 3 is 2.61 bits per heavy atom. The van der Waals surface area contributed by atoms with Crippen LogP contribution in [-0.4, -0.2) is 35.2 Å². The van der Waals surface area contributed by atoms with Gasteiger partial charge in [0.25, 0.3) is 0 Å². The number of fused-ring (bicyclic) bond motifs is 1. The van der Waals surface area contributed by atoms with Crippen molar-refractivity contribution in [2.45, 2.75) is 83.2 Å². The number of nitrogens with zero attached hydrogens (tertiary/aromatic N) is 1. The first kappa shape index (κ1) is 14.3. The fourth-order valence-corrected chi connectivity index (χ4v) is 4.03. The number of rotatable bonds is 7. The molecule has 2 heterocycles. The predicted octanol–water partition coefficient (Wildman–Crippen LogP) is 3.58. The predicted molar refractivity (Wildman–Crippen MR) is 76.7 cm³/mol. The standard InChI is InChI=1S/C16H31NO/c1-14-10-11-15(17-12-7-9-16(14)17)8-5-3-2-4-6-13-18/h14-16,18H,2-13H2,1H3. The third-order valence-corrected chi connectivity index (χ3v) is 5.12. The second-order valence-corrected chi connectivity index (χ2v) is 6.44. The Hall–Kier alpha value is -0.0800. The van der Waals surface area contributed by atoms with Gasteiger partial charge in [-0.05, 0) is 51.0 Å². The van der Waals surface area contributed by atoms with Crippen LogP contribution in [-0.2, 0) is 0 Å². The fourth-order valence-electron chi connectivity index (χ4n) is 4.03. The topological polar surface area (TPSA) is 23.5 Å². The van der Waals surface area contributed by atoms with Crippen LogP contribution in [0.25, 0.3) is 0 Å². The first-order valence-corrected chi connectivity index (χ1v) is 8.19. The summed E-state index contributed by atoms with van der Waals surface area (Å²) in [5, 5.41) is 8.75. The normalized spacial score (nSPS) is 32.7. The lowest BCUT2D eigenvalue weighted by Crippen LogP contribution is -2.46. The lowest BCUT2D eigenvalue weighted by Gasteiger charge is -2.41. The average molecular weight is 253 g/mol. The molecule has 0 spiro atoms. The van der Waals surface area contributed by atoms with Gasteiger partial charge in [-0.3, -0.25) is 4.90 Å². The third kappa shape index (κ3) is 3.71. The molecule has 18 heavy (non-hydrogen) atoms. The van der Waals surface area contributed by atoms with Crippen LogP contribution in [0.4, 0.5) is 0 Å². The summed E-state index contributed by atoms with van der Waals surface area (Å²) in [6, 6.07) is 1.81. The Bertz CT molecular complexity index is 231. The van der Waals surface area contributed by atoms with Gasteiger partial charge in [0.2, 0.25) is 0 Å². The van der Waals surface area contributed by atoms with E-state index in [1.165, 1.54) is 64.3 Å². The summed E-state index contributed by atoms with van der Waals surface area (Å²) in [6.07, 6.45) is 13.5. The van der Waals surface area contributed by atoms with Crippen LogP contribution in [0, 0.1) is 5.92 Å². The molecule has 0 aliphatic carbocycles. The van der Waals surface area contributed by atoms with E-state index < -0.39 is 0 Å². The Kier molecular flexibility index (Phi) is 5.97. The molecular weight excluding hydrogens is 222 g/mol. The molecule has 2 aliphatic rings. The first-order valence-electron chi connectivity index (χ1n) is 8.19. The summed E-state index contributed by atoms with van der Waals surface area (Å²) >= 11 is 0. The van der Waals surface area contributed by atoms with Crippen LogP contribution in [0.5, 0.6) is 0 Å². The van der Waals surface area contributed by atoms with E-state index >= 15 is 0 Å². The van der Waals surface area contributed by atoms with Gasteiger partial charge in [-0.2, -0.15) is 0 Å². The minimum Gasteiger partial charge on any atom is -0.396 e. The maximum atomic E-state index is 8.75. The van der Waals surface area contributed by atoms with Gasteiger partial charge in [-0.25, -0.2) is 0 Å². The molecule has 0 saturated carbocycles. The maximum absolute atomic E-state index is 8.75. The molecular formula is C16H31NO. The Morgan fingerprint density at radius 1 is 1.00 bits per heavy atom. The summed E-state index contributed by atoms with van der Waals surface area (Å²) < 4.78 is 0. The molecule has 2 rings (SSSR count). The van der Waals surface area contributed by atoms with Gasteiger partial charge in [-0.1, -0.05) is 32.6 Å².